The Kier molecular flexibility index (Phi) is 3.09. The Balaban J connectivity index is 2.03. The van der Waals surface area contributed by atoms with Crippen LogP contribution in [0.25, 0.3) is 0 Å². The van der Waals surface area contributed by atoms with E-state index in [1.807, 2.05) is 0 Å². The predicted octanol–water partition coefficient (Wildman–Crippen LogP) is 3.20. The Labute approximate surface area is 117 Å². The summed E-state index contributed by atoms with van der Waals surface area (Å²) in [6.07, 6.45) is 3.72. The molecule has 1 unspecified atom stereocenters. The summed E-state index contributed by atoms with van der Waals surface area (Å²) in [6.45, 7) is 9.67. The van der Waals surface area contributed by atoms with Crippen LogP contribution in [-0.2, 0) is 11.8 Å². The second kappa shape index (κ2) is 4.52. The first-order valence-electron chi connectivity index (χ1n) is 7.69. The highest BCUT2D eigenvalue weighted by Gasteiger charge is 2.47. The second-order valence-corrected chi connectivity index (χ2v) is 6.68. The highest BCUT2D eigenvalue weighted by atomic mass is 15.2. The Morgan fingerprint density at radius 1 is 1.42 bits per heavy atom. The van der Waals surface area contributed by atoms with E-state index in [4.69, 9.17) is 5.73 Å². The standard InChI is InChI=1S/C17H26N2/c1-4-8-19-9-7-17(3)12(2)16(19)10-13-5-6-14(18)11-15(13)17/h5-6,11-12,16H,4,7-10,18H2,1-3H3/t12-,16?,17-/m0/s1. The molecular weight excluding hydrogens is 232 g/mol. The Morgan fingerprint density at radius 3 is 2.95 bits per heavy atom. The van der Waals surface area contributed by atoms with Crippen molar-refractivity contribution in [3.63, 3.8) is 0 Å². The zero-order valence-corrected chi connectivity index (χ0v) is 12.4. The van der Waals surface area contributed by atoms with Crippen molar-refractivity contribution in [2.24, 2.45) is 5.92 Å². The van der Waals surface area contributed by atoms with Gasteiger partial charge < -0.3 is 5.73 Å². The summed E-state index contributed by atoms with van der Waals surface area (Å²) in [5.41, 5.74) is 10.3. The zero-order valence-electron chi connectivity index (χ0n) is 12.4. The third kappa shape index (κ3) is 1.88. The van der Waals surface area contributed by atoms with Crippen molar-refractivity contribution in [1.29, 1.82) is 0 Å². The van der Waals surface area contributed by atoms with E-state index in [0.29, 0.717) is 5.41 Å². The van der Waals surface area contributed by atoms with Crippen LogP contribution in [0.1, 0.15) is 44.7 Å². The van der Waals surface area contributed by atoms with Gasteiger partial charge in [0.15, 0.2) is 0 Å². The molecule has 0 amide bonds. The van der Waals surface area contributed by atoms with Crippen LogP contribution in [0.5, 0.6) is 0 Å². The molecule has 2 heteroatoms. The summed E-state index contributed by atoms with van der Waals surface area (Å²) in [5.74, 6) is 0.724. The van der Waals surface area contributed by atoms with Gasteiger partial charge in [0.05, 0.1) is 0 Å². The summed E-state index contributed by atoms with van der Waals surface area (Å²) < 4.78 is 0. The maximum Gasteiger partial charge on any atom is 0.0317 e. The zero-order chi connectivity index (χ0) is 13.6. The lowest BCUT2D eigenvalue weighted by Crippen LogP contribution is -2.58. The highest BCUT2D eigenvalue weighted by Crippen LogP contribution is 2.48. The molecule has 1 saturated heterocycles. The number of rotatable bonds is 2. The third-order valence-electron chi connectivity index (χ3n) is 5.66. The van der Waals surface area contributed by atoms with Crippen molar-refractivity contribution in [1.82, 2.24) is 4.90 Å². The maximum atomic E-state index is 6.02. The van der Waals surface area contributed by atoms with Crippen LogP contribution >= 0.6 is 0 Å². The number of nitrogens with two attached hydrogens (primary N) is 1. The van der Waals surface area contributed by atoms with Gasteiger partial charge >= 0.3 is 0 Å². The third-order valence-corrected chi connectivity index (χ3v) is 5.66. The van der Waals surface area contributed by atoms with Gasteiger partial charge in [0, 0.05) is 11.7 Å². The molecule has 1 aromatic carbocycles. The summed E-state index contributed by atoms with van der Waals surface area (Å²) in [7, 11) is 0. The van der Waals surface area contributed by atoms with Crippen LogP contribution < -0.4 is 5.73 Å². The van der Waals surface area contributed by atoms with Gasteiger partial charge in [-0.3, -0.25) is 4.90 Å². The van der Waals surface area contributed by atoms with E-state index in [1.165, 1.54) is 43.5 Å². The summed E-state index contributed by atoms with van der Waals surface area (Å²) in [5, 5.41) is 0. The quantitative estimate of drug-likeness (QED) is 0.825. The lowest BCUT2D eigenvalue weighted by Gasteiger charge is -2.54. The summed E-state index contributed by atoms with van der Waals surface area (Å²) in [6, 6.07) is 7.28. The first-order valence-corrected chi connectivity index (χ1v) is 7.69. The molecule has 1 heterocycles. The molecule has 1 aliphatic carbocycles. The van der Waals surface area contributed by atoms with Gasteiger partial charge in [-0.2, -0.15) is 0 Å². The Morgan fingerprint density at radius 2 is 2.21 bits per heavy atom. The van der Waals surface area contributed by atoms with Crippen LogP contribution in [-0.4, -0.2) is 24.0 Å². The van der Waals surface area contributed by atoms with Gasteiger partial charge in [0.2, 0.25) is 0 Å². The van der Waals surface area contributed by atoms with E-state index >= 15 is 0 Å². The Bertz CT molecular complexity index is 482. The van der Waals surface area contributed by atoms with E-state index in [0.717, 1.165) is 17.6 Å². The lowest BCUT2D eigenvalue weighted by atomic mass is 9.59. The summed E-state index contributed by atoms with van der Waals surface area (Å²) in [4.78, 5) is 2.71. The average molecular weight is 258 g/mol. The van der Waals surface area contributed by atoms with Crippen molar-refractivity contribution in [2.45, 2.75) is 51.5 Å². The molecule has 2 bridgehead atoms. The van der Waals surface area contributed by atoms with Gasteiger partial charge in [-0.1, -0.05) is 26.8 Å². The first kappa shape index (κ1) is 13.0. The number of nitrogens with zero attached hydrogens (tertiary/aromatic N) is 1. The van der Waals surface area contributed by atoms with Crippen molar-refractivity contribution < 1.29 is 0 Å². The molecule has 3 rings (SSSR count). The van der Waals surface area contributed by atoms with Gasteiger partial charge in [0.25, 0.3) is 0 Å². The molecule has 2 N–H and O–H groups in total. The maximum absolute atomic E-state index is 6.02. The SMILES string of the molecule is CCCN1CC[C@]2(C)c3cc(N)ccc3CC1[C@@H]2C. The molecule has 2 nitrogen and oxygen atoms in total. The second-order valence-electron chi connectivity index (χ2n) is 6.68. The van der Waals surface area contributed by atoms with Crippen LogP contribution in [0.4, 0.5) is 5.69 Å². The van der Waals surface area contributed by atoms with Crippen molar-refractivity contribution in [3.8, 4) is 0 Å². The van der Waals surface area contributed by atoms with E-state index in [9.17, 15) is 0 Å². The first-order chi connectivity index (χ1) is 9.06. The average Bonchev–Trinajstić information content (AvgIpc) is 2.38. The number of hydrogen-bond acceptors (Lipinski definition) is 2. The van der Waals surface area contributed by atoms with Crippen LogP contribution in [0, 0.1) is 5.92 Å². The topological polar surface area (TPSA) is 29.3 Å². The van der Waals surface area contributed by atoms with E-state index < -0.39 is 0 Å². The molecule has 2 aliphatic rings. The molecule has 0 saturated carbocycles. The Hall–Kier alpha value is -1.02. The van der Waals surface area contributed by atoms with Gasteiger partial charge in [-0.25, -0.2) is 0 Å². The van der Waals surface area contributed by atoms with Crippen LogP contribution in [0.3, 0.4) is 0 Å². The number of likely N-dealkylation sites (tertiary alicyclic amines) is 1. The predicted molar refractivity (Wildman–Crippen MR) is 81.3 cm³/mol. The smallest absolute Gasteiger partial charge is 0.0317 e. The van der Waals surface area contributed by atoms with E-state index in [-0.39, 0.29) is 0 Å². The molecule has 104 valence electrons. The highest BCUT2D eigenvalue weighted by molar-refractivity contribution is 5.50. The minimum atomic E-state index is 0.317. The molecule has 0 aromatic heterocycles. The van der Waals surface area contributed by atoms with Crippen LogP contribution in [0.2, 0.25) is 0 Å². The number of anilines is 1. The van der Waals surface area contributed by atoms with Gasteiger partial charge in [0.1, 0.15) is 0 Å². The molecule has 0 radical (unpaired) electrons. The molecule has 3 atom stereocenters. The van der Waals surface area contributed by atoms with Crippen molar-refractivity contribution >= 4 is 5.69 Å². The molecule has 0 spiro atoms. The fourth-order valence-electron chi connectivity index (χ4n) is 4.29. The van der Waals surface area contributed by atoms with Crippen molar-refractivity contribution in [3.05, 3.63) is 29.3 Å². The molecule has 1 fully saturated rings. The largest absolute Gasteiger partial charge is 0.399 e. The van der Waals surface area contributed by atoms with Gasteiger partial charge in [-0.05, 0) is 66.9 Å². The fraction of sp³-hybridized carbons (Fsp3) is 0.647. The normalized spacial score (nSPS) is 34.1. The fourth-order valence-corrected chi connectivity index (χ4v) is 4.29. The molecule has 19 heavy (non-hydrogen) atoms. The van der Waals surface area contributed by atoms with E-state index in [2.05, 4.69) is 43.9 Å². The van der Waals surface area contributed by atoms with Crippen LogP contribution in [0.15, 0.2) is 18.2 Å². The molecule has 1 aliphatic heterocycles. The van der Waals surface area contributed by atoms with E-state index in [1.54, 1.807) is 0 Å². The number of hydrogen-bond donors (Lipinski definition) is 1. The molecule has 1 aromatic rings. The number of fused-ring (bicyclic) bond motifs is 4. The monoisotopic (exact) mass is 258 g/mol. The minimum absolute atomic E-state index is 0.317. The lowest BCUT2D eigenvalue weighted by molar-refractivity contribution is 0.0317. The molecular formula is C17H26N2. The number of piperidine rings is 1. The summed E-state index contributed by atoms with van der Waals surface area (Å²) >= 11 is 0. The number of nitrogen functional groups attached to an aromatic ring is 1. The minimum Gasteiger partial charge on any atom is -0.399 e. The number of benzene rings is 1. The van der Waals surface area contributed by atoms with Gasteiger partial charge in [-0.15, -0.1) is 0 Å². The van der Waals surface area contributed by atoms with Crippen molar-refractivity contribution in [2.75, 3.05) is 18.8 Å².